The predicted molar refractivity (Wildman–Crippen MR) is 88.3 cm³/mol. The Morgan fingerprint density at radius 2 is 2.23 bits per heavy atom. The first kappa shape index (κ1) is 16.3. The number of anilines is 2. The minimum absolute atomic E-state index is 0. The molecule has 1 aromatic heterocycles. The fourth-order valence-electron chi connectivity index (χ4n) is 1.93. The molecular formula is C14H14ClN3O3S. The summed E-state index contributed by atoms with van der Waals surface area (Å²) >= 11 is 1.54. The van der Waals surface area contributed by atoms with Crippen molar-refractivity contribution in [2.75, 3.05) is 23.9 Å². The summed E-state index contributed by atoms with van der Waals surface area (Å²) in [6, 6.07) is 7.11. The molecule has 0 fully saturated rings. The van der Waals surface area contributed by atoms with Gasteiger partial charge in [0.15, 0.2) is 18.2 Å². The van der Waals surface area contributed by atoms with E-state index in [9.17, 15) is 4.79 Å². The summed E-state index contributed by atoms with van der Waals surface area (Å²) in [5.41, 5.74) is 6.56. The first-order chi connectivity index (χ1) is 10.2. The molecule has 0 spiro atoms. The smallest absolute Gasteiger partial charge is 0.263 e. The Bertz CT molecular complexity index is 712. The van der Waals surface area contributed by atoms with Crippen molar-refractivity contribution in [2.24, 2.45) is 0 Å². The molecule has 0 unspecified atom stereocenters. The Labute approximate surface area is 137 Å². The predicted octanol–water partition coefficient (Wildman–Crippen LogP) is 2.93. The molecule has 0 atom stereocenters. The number of amides is 1. The number of ether oxygens (including phenoxy) is 2. The fraction of sp³-hybridized carbons (Fsp3) is 0.143. The van der Waals surface area contributed by atoms with Gasteiger partial charge in [-0.25, -0.2) is 4.98 Å². The highest BCUT2D eigenvalue weighted by molar-refractivity contribution is 7.98. The molecular weight excluding hydrogens is 326 g/mol. The number of nitrogens with one attached hydrogen (secondary N) is 1. The fourth-order valence-corrected chi connectivity index (χ4v) is 2.46. The molecule has 3 N–H and O–H groups in total. The van der Waals surface area contributed by atoms with Crippen molar-refractivity contribution in [1.82, 2.24) is 4.98 Å². The van der Waals surface area contributed by atoms with Gasteiger partial charge in [0.2, 0.25) is 5.75 Å². The molecule has 116 valence electrons. The van der Waals surface area contributed by atoms with Crippen LogP contribution in [0.3, 0.4) is 0 Å². The molecule has 22 heavy (non-hydrogen) atoms. The topological polar surface area (TPSA) is 86.5 Å². The minimum atomic E-state index is -0.232. The van der Waals surface area contributed by atoms with Gasteiger partial charge in [0.05, 0.1) is 0 Å². The molecule has 0 radical (unpaired) electrons. The number of benzene rings is 1. The van der Waals surface area contributed by atoms with Gasteiger partial charge in [0, 0.05) is 22.8 Å². The molecule has 1 amide bonds. The highest BCUT2D eigenvalue weighted by Gasteiger charge is 2.21. The van der Waals surface area contributed by atoms with Crippen LogP contribution in [0.4, 0.5) is 11.5 Å². The highest BCUT2D eigenvalue weighted by atomic mass is 35.5. The number of hydrogen-bond donors (Lipinski definition) is 2. The lowest BCUT2D eigenvalue weighted by Gasteiger charge is -2.19. The monoisotopic (exact) mass is 339 g/mol. The molecule has 1 aliphatic heterocycles. The summed E-state index contributed by atoms with van der Waals surface area (Å²) in [6.45, 7) is -0.0488. The molecule has 2 heterocycles. The lowest BCUT2D eigenvalue weighted by atomic mass is 10.3. The largest absolute Gasteiger partial charge is 0.476 e. The summed E-state index contributed by atoms with van der Waals surface area (Å²) in [5.74, 6) is 1.70. The Balaban J connectivity index is 0.00000176. The van der Waals surface area contributed by atoms with Gasteiger partial charge >= 0.3 is 0 Å². The van der Waals surface area contributed by atoms with Crippen LogP contribution < -0.4 is 20.5 Å². The van der Waals surface area contributed by atoms with E-state index in [1.807, 2.05) is 12.3 Å². The standard InChI is InChI=1S/C14H13N3O3S.ClH/c1-21-11-6-8(2-3-9(11)15)20-10-4-5-16-14-13(10)19-7-12(18)17-14;/h2-6H,7,15H2,1H3,(H,16,17,18);1H. The second-order valence-corrected chi connectivity index (χ2v) is 5.18. The Morgan fingerprint density at radius 1 is 1.41 bits per heavy atom. The van der Waals surface area contributed by atoms with Crippen molar-refractivity contribution in [2.45, 2.75) is 4.90 Å². The van der Waals surface area contributed by atoms with E-state index >= 15 is 0 Å². The molecule has 0 aliphatic carbocycles. The maximum atomic E-state index is 11.3. The number of rotatable bonds is 3. The zero-order valence-corrected chi connectivity index (χ0v) is 13.3. The van der Waals surface area contributed by atoms with Crippen LogP contribution >= 0.6 is 24.2 Å². The summed E-state index contributed by atoms with van der Waals surface area (Å²) in [4.78, 5) is 16.3. The summed E-state index contributed by atoms with van der Waals surface area (Å²) < 4.78 is 11.2. The van der Waals surface area contributed by atoms with Gasteiger partial charge in [0.1, 0.15) is 5.75 Å². The molecule has 2 aromatic rings. The number of nitrogens with two attached hydrogens (primary N) is 1. The normalized spacial score (nSPS) is 12.5. The van der Waals surface area contributed by atoms with Crippen LogP contribution in [0.5, 0.6) is 17.2 Å². The molecule has 1 aliphatic rings. The zero-order valence-electron chi connectivity index (χ0n) is 11.7. The average molecular weight is 340 g/mol. The first-order valence-corrected chi connectivity index (χ1v) is 7.43. The highest BCUT2D eigenvalue weighted by Crippen LogP contribution is 2.39. The number of carbonyl (C=O) groups is 1. The summed E-state index contributed by atoms with van der Waals surface area (Å²) in [7, 11) is 0. The Hall–Kier alpha value is -2.12. The van der Waals surface area contributed by atoms with Gasteiger partial charge in [0.25, 0.3) is 5.91 Å². The van der Waals surface area contributed by atoms with Crippen molar-refractivity contribution in [3.63, 3.8) is 0 Å². The Morgan fingerprint density at radius 3 is 3.00 bits per heavy atom. The van der Waals surface area contributed by atoms with Crippen molar-refractivity contribution in [3.8, 4) is 17.2 Å². The van der Waals surface area contributed by atoms with Crippen LogP contribution in [-0.4, -0.2) is 23.8 Å². The van der Waals surface area contributed by atoms with Gasteiger partial charge in [-0.05, 0) is 24.5 Å². The number of nitrogen functional groups attached to an aromatic ring is 1. The number of aromatic nitrogens is 1. The van der Waals surface area contributed by atoms with Crippen LogP contribution in [0.1, 0.15) is 0 Å². The first-order valence-electron chi connectivity index (χ1n) is 6.20. The van der Waals surface area contributed by atoms with Crippen molar-refractivity contribution in [1.29, 1.82) is 0 Å². The average Bonchev–Trinajstić information content (AvgIpc) is 2.49. The number of fused-ring (bicyclic) bond motifs is 1. The van der Waals surface area contributed by atoms with Crippen LogP contribution in [0.2, 0.25) is 0 Å². The molecule has 0 bridgehead atoms. The van der Waals surface area contributed by atoms with E-state index in [-0.39, 0.29) is 24.9 Å². The second kappa shape index (κ2) is 6.76. The second-order valence-electron chi connectivity index (χ2n) is 4.33. The minimum Gasteiger partial charge on any atom is -0.476 e. The number of pyridine rings is 1. The van der Waals surface area contributed by atoms with Gasteiger partial charge < -0.3 is 20.5 Å². The van der Waals surface area contributed by atoms with E-state index in [4.69, 9.17) is 15.2 Å². The van der Waals surface area contributed by atoms with E-state index in [2.05, 4.69) is 10.3 Å². The van der Waals surface area contributed by atoms with Crippen LogP contribution in [0.15, 0.2) is 35.4 Å². The van der Waals surface area contributed by atoms with E-state index < -0.39 is 0 Å². The van der Waals surface area contributed by atoms with Crippen LogP contribution in [-0.2, 0) is 4.79 Å². The maximum absolute atomic E-state index is 11.3. The third-order valence-corrected chi connectivity index (χ3v) is 3.70. The SMILES string of the molecule is CSc1cc(Oc2ccnc3c2OCC(=O)N3)ccc1N.Cl. The molecule has 0 saturated heterocycles. The summed E-state index contributed by atoms with van der Waals surface area (Å²) in [6.07, 6.45) is 3.50. The van der Waals surface area contributed by atoms with Gasteiger partial charge in [-0.3, -0.25) is 4.79 Å². The Kier molecular flexibility index (Phi) is 4.99. The summed E-state index contributed by atoms with van der Waals surface area (Å²) in [5, 5.41) is 2.64. The number of halogens is 1. The molecule has 8 heteroatoms. The van der Waals surface area contributed by atoms with E-state index in [1.54, 1.807) is 36.2 Å². The maximum Gasteiger partial charge on any atom is 0.263 e. The van der Waals surface area contributed by atoms with Gasteiger partial charge in [-0.2, -0.15) is 0 Å². The molecule has 1 aromatic carbocycles. The van der Waals surface area contributed by atoms with E-state index in [1.165, 1.54) is 0 Å². The number of nitrogens with zero attached hydrogens (tertiary/aromatic N) is 1. The zero-order chi connectivity index (χ0) is 14.8. The molecule has 3 rings (SSSR count). The van der Waals surface area contributed by atoms with Gasteiger partial charge in [-0.1, -0.05) is 0 Å². The van der Waals surface area contributed by atoms with Crippen molar-refractivity contribution < 1.29 is 14.3 Å². The van der Waals surface area contributed by atoms with Gasteiger partial charge in [-0.15, -0.1) is 24.2 Å². The van der Waals surface area contributed by atoms with Crippen molar-refractivity contribution in [3.05, 3.63) is 30.5 Å². The third-order valence-electron chi connectivity index (χ3n) is 2.91. The lowest BCUT2D eigenvalue weighted by molar-refractivity contribution is -0.118. The molecule has 6 nitrogen and oxygen atoms in total. The number of carbonyl (C=O) groups excluding carboxylic acids is 1. The van der Waals surface area contributed by atoms with Crippen LogP contribution in [0, 0.1) is 0 Å². The van der Waals surface area contributed by atoms with E-state index in [0.717, 1.165) is 4.90 Å². The number of hydrogen-bond acceptors (Lipinski definition) is 6. The quantitative estimate of drug-likeness (QED) is 0.660. The van der Waals surface area contributed by atoms with E-state index in [0.29, 0.717) is 28.8 Å². The molecule has 0 saturated carbocycles. The van der Waals surface area contributed by atoms with Crippen molar-refractivity contribution >= 4 is 41.6 Å². The lowest BCUT2D eigenvalue weighted by Crippen LogP contribution is -2.26. The third kappa shape index (κ3) is 3.20. The number of thioether (sulfide) groups is 1. The van der Waals surface area contributed by atoms with Crippen LogP contribution in [0.25, 0.3) is 0 Å².